The minimum atomic E-state index is 1.04. The predicted molar refractivity (Wildman–Crippen MR) is 166 cm³/mol. The van der Waals surface area contributed by atoms with Crippen molar-refractivity contribution >= 4 is 75.9 Å². The summed E-state index contributed by atoms with van der Waals surface area (Å²) < 4.78 is 6.03. The Morgan fingerprint density at radius 2 is 1.26 bits per heavy atom. The van der Waals surface area contributed by atoms with E-state index in [1.807, 2.05) is 5.51 Å². The molecular weight excluding hydrogens is 494 g/mol. The summed E-state index contributed by atoms with van der Waals surface area (Å²) in [6.07, 6.45) is 0. The molecule has 3 heterocycles. The highest BCUT2D eigenvalue weighted by atomic mass is 32.1. The van der Waals surface area contributed by atoms with Gasteiger partial charge < -0.3 is 9.13 Å². The second-order valence-electron chi connectivity index (χ2n) is 10.1. The van der Waals surface area contributed by atoms with Crippen molar-refractivity contribution in [3.05, 3.63) is 127 Å². The number of benzene rings is 6. The smallest absolute Gasteiger partial charge is 0.105 e. The van der Waals surface area contributed by atoms with Gasteiger partial charge in [-0.15, -0.1) is 11.3 Å². The highest BCUT2D eigenvalue weighted by Gasteiger charge is 2.19. The van der Waals surface area contributed by atoms with Gasteiger partial charge in [0, 0.05) is 32.6 Å². The van der Waals surface area contributed by atoms with Crippen LogP contribution in [0.5, 0.6) is 0 Å². The highest BCUT2D eigenvalue weighted by Crippen LogP contribution is 2.41. The van der Waals surface area contributed by atoms with E-state index < -0.39 is 0 Å². The predicted octanol–water partition coefficient (Wildman–Crippen LogP) is 9.64. The van der Waals surface area contributed by atoms with Gasteiger partial charge in [0.05, 0.1) is 38.0 Å². The lowest BCUT2D eigenvalue weighted by atomic mass is 10.0. The van der Waals surface area contributed by atoms with E-state index in [4.69, 9.17) is 4.98 Å². The molecule has 0 aliphatic heterocycles. The Balaban J connectivity index is 1.51. The number of aromatic nitrogens is 3. The van der Waals surface area contributed by atoms with Crippen LogP contribution < -0.4 is 0 Å². The summed E-state index contributed by atoms with van der Waals surface area (Å²) in [5.41, 5.74) is 10.1. The van der Waals surface area contributed by atoms with E-state index in [0.717, 1.165) is 11.2 Å². The van der Waals surface area contributed by atoms with Crippen molar-refractivity contribution in [2.75, 3.05) is 0 Å². The molecule has 6 aromatic carbocycles. The maximum atomic E-state index is 4.78. The largest absolute Gasteiger partial charge is 0.309 e. The summed E-state index contributed by atoms with van der Waals surface area (Å²) in [4.78, 5) is 4.78. The minimum Gasteiger partial charge on any atom is -0.309 e. The monoisotopic (exact) mass is 515 g/mol. The van der Waals surface area contributed by atoms with E-state index in [9.17, 15) is 0 Å². The Labute approximate surface area is 227 Å². The van der Waals surface area contributed by atoms with Crippen LogP contribution in [0.15, 0.2) is 127 Å². The fourth-order valence-electron chi connectivity index (χ4n) is 6.40. The summed E-state index contributed by atoms with van der Waals surface area (Å²) in [6.45, 7) is 0. The van der Waals surface area contributed by atoms with Crippen LogP contribution in [0.2, 0.25) is 0 Å². The quantitative estimate of drug-likeness (QED) is 0.225. The third-order valence-electron chi connectivity index (χ3n) is 8.04. The average molecular weight is 516 g/mol. The van der Waals surface area contributed by atoms with Crippen molar-refractivity contribution in [3.63, 3.8) is 0 Å². The molecule has 0 saturated heterocycles. The second kappa shape index (κ2) is 7.79. The van der Waals surface area contributed by atoms with Gasteiger partial charge in [-0.3, -0.25) is 0 Å². The molecule has 0 atom stereocenters. The lowest BCUT2D eigenvalue weighted by Gasteiger charge is -2.12. The zero-order chi connectivity index (χ0) is 25.5. The molecule has 0 fully saturated rings. The zero-order valence-electron chi connectivity index (χ0n) is 20.9. The van der Waals surface area contributed by atoms with E-state index in [-0.39, 0.29) is 0 Å². The van der Waals surface area contributed by atoms with Crippen molar-refractivity contribution in [1.82, 2.24) is 14.1 Å². The summed E-state index contributed by atoms with van der Waals surface area (Å²) in [5.74, 6) is 0. The molecule has 3 nitrogen and oxygen atoms in total. The molecule has 0 aliphatic rings. The number of rotatable bonds is 2. The number of nitrogens with zero attached hydrogens (tertiary/aromatic N) is 3. The first-order valence-corrected chi connectivity index (χ1v) is 14.0. The molecular formula is C35H21N3S. The van der Waals surface area contributed by atoms with Gasteiger partial charge in [0.15, 0.2) is 0 Å². The number of fused-ring (bicyclic) bond motifs is 9. The van der Waals surface area contributed by atoms with Gasteiger partial charge in [-0.1, -0.05) is 72.8 Å². The van der Waals surface area contributed by atoms with Crippen LogP contribution >= 0.6 is 11.3 Å². The Bertz CT molecular complexity index is 2390. The van der Waals surface area contributed by atoms with Gasteiger partial charge in [-0.2, -0.15) is 0 Å². The molecule has 0 bridgehead atoms. The van der Waals surface area contributed by atoms with E-state index in [0.29, 0.717) is 0 Å². The van der Waals surface area contributed by atoms with Crippen LogP contribution in [-0.2, 0) is 0 Å². The fourth-order valence-corrected chi connectivity index (χ4v) is 7.10. The molecule has 0 unspecified atom stereocenters. The maximum absolute atomic E-state index is 4.78. The SMILES string of the molecule is c1ccc(-n2c3ccccc3c3ccc4cc5c6ccccc6n(-c6cccc7scnc67)c5cc4c32)cc1. The second-order valence-corrected chi connectivity index (χ2v) is 11.0. The van der Waals surface area contributed by atoms with Gasteiger partial charge in [-0.25, -0.2) is 4.98 Å². The Kier molecular flexibility index (Phi) is 4.21. The van der Waals surface area contributed by atoms with Gasteiger partial charge in [-0.05, 0) is 53.9 Å². The summed E-state index contributed by atoms with van der Waals surface area (Å²) in [7, 11) is 0. The van der Waals surface area contributed by atoms with Crippen LogP contribution in [0.4, 0.5) is 0 Å². The number of hydrogen-bond donors (Lipinski definition) is 0. The van der Waals surface area contributed by atoms with Crippen LogP contribution in [-0.4, -0.2) is 14.1 Å². The zero-order valence-corrected chi connectivity index (χ0v) is 21.7. The molecule has 4 heteroatoms. The van der Waals surface area contributed by atoms with E-state index >= 15 is 0 Å². The molecule has 0 spiro atoms. The fraction of sp³-hybridized carbons (Fsp3) is 0. The van der Waals surface area contributed by atoms with Crippen LogP contribution in [0.1, 0.15) is 0 Å². The third-order valence-corrected chi connectivity index (χ3v) is 8.83. The molecule has 3 aromatic heterocycles. The van der Waals surface area contributed by atoms with E-state index in [1.54, 1.807) is 11.3 Å². The molecule has 0 N–H and O–H groups in total. The van der Waals surface area contributed by atoms with Crippen molar-refractivity contribution in [2.45, 2.75) is 0 Å². The van der Waals surface area contributed by atoms with Gasteiger partial charge in [0.25, 0.3) is 0 Å². The van der Waals surface area contributed by atoms with Crippen molar-refractivity contribution in [2.24, 2.45) is 0 Å². The van der Waals surface area contributed by atoms with Crippen LogP contribution in [0.3, 0.4) is 0 Å². The van der Waals surface area contributed by atoms with Gasteiger partial charge in [0.2, 0.25) is 0 Å². The van der Waals surface area contributed by atoms with E-state index in [1.165, 1.54) is 64.8 Å². The molecule has 0 amide bonds. The van der Waals surface area contributed by atoms with Crippen molar-refractivity contribution in [3.8, 4) is 11.4 Å². The molecule has 0 radical (unpaired) electrons. The minimum absolute atomic E-state index is 1.04. The molecule has 0 aliphatic carbocycles. The summed E-state index contributed by atoms with van der Waals surface area (Å²) >= 11 is 1.69. The van der Waals surface area contributed by atoms with Crippen molar-refractivity contribution < 1.29 is 0 Å². The molecule has 0 saturated carbocycles. The average Bonchev–Trinajstić information content (AvgIpc) is 3.69. The normalized spacial score (nSPS) is 12.1. The maximum Gasteiger partial charge on any atom is 0.105 e. The highest BCUT2D eigenvalue weighted by molar-refractivity contribution is 7.16. The van der Waals surface area contributed by atoms with E-state index in [2.05, 4.69) is 130 Å². The molecule has 39 heavy (non-hydrogen) atoms. The van der Waals surface area contributed by atoms with Crippen molar-refractivity contribution in [1.29, 1.82) is 0 Å². The summed E-state index contributed by atoms with van der Waals surface area (Å²) in [6, 6.07) is 44.0. The number of thiazole rings is 1. The Hall–Kier alpha value is -4.93. The first-order valence-electron chi connectivity index (χ1n) is 13.1. The molecule has 182 valence electrons. The molecule has 9 aromatic rings. The Morgan fingerprint density at radius 1 is 0.513 bits per heavy atom. The first-order chi connectivity index (χ1) is 19.4. The number of para-hydroxylation sites is 4. The number of hydrogen-bond acceptors (Lipinski definition) is 2. The topological polar surface area (TPSA) is 22.8 Å². The summed E-state index contributed by atoms with van der Waals surface area (Å²) in [5, 5.41) is 7.54. The van der Waals surface area contributed by atoms with Crippen LogP contribution in [0, 0.1) is 0 Å². The Morgan fingerprint density at radius 3 is 2.10 bits per heavy atom. The standard InChI is InChI=1S/C35H21N3S/c1-2-9-23(10-3-1)37-29-13-6-4-11-24(29)26-18-17-22-19-28-25-12-5-7-14-30(25)38(32(28)20-27(22)35(26)37)31-15-8-16-33-34(31)36-21-39-33/h1-21H. The lowest BCUT2D eigenvalue weighted by molar-refractivity contribution is 1.18. The molecule has 9 rings (SSSR count). The third kappa shape index (κ3) is 2.84. The van der Waals surface area contributed by atoms with Gasteiger partial charge in [0.1, 0.15) is 5.52 Å². The lowest BCUT2D eigenvalue weighted by Crippen LogP contribution is -1.96. The first kappa shape index (κ1) is 21.1. The van der Waals surface area contributed by atoms with Gasteiger partial charge >= 0.3 is 0 Å². The van der Waals surface area contributed by atoms with Crippen LogP contribution in [0.25, 0.3) is 76.0 Å².